The van der Waals surface area contributed by atoms with Crippen molar-refractivity contribution < 1.29 is 16.0 Å². The van der Waals surface area contributed by atoms with E-state index in [2.05, 4.69) is 0 Å². The fourth-order valence-corrected chi connectivity index (χ4v) is 0. The SMILES string of the molecule is C.C.C.C.C.O.O=O.OO. The van der Waals surface area contributed by atoms with E-state index >= 15 is 0 Å². The van der Waals surface area contributed by atoms with Crippen molar-refractivity contribution in [3.8, 4) is 0 Å². The summed E-state index contributed by atoms with van der Waals surface area (Å²) in [4.78, 5) is 14.0. The van der Waals surface area contributed by atoms with Crippen LogP contribution in [0.4, 0.5) is 0 Å². The zero-order chi connectivity index (χ0) is 4.00. The Bertz CT molecular complexity index is 10.0. The molecule has 10 heavy (non-hydrogen) atoms. The minimum atomic E-state index is 0. The minimum Gasteiger partial charge on any atom is -0.412 e. The largest absolute Gasteiger partial charge is 0.412 e. The van der Waals surface area contributed by atoms with Crippen LogP contribution < -0.4 is 0 Å². The third-order valence-corrected chi connectivity index (χ3v) is 0. The average molecular weight is 164 g/mol. The molecule has 0 aromatic rings. The van der Waals surface area contributed by atoms with Crippen LogP contribution in [0.3, 0.4) is 0 Å². The highest BCUT2D eigenvalue weighted by Gasteiger charge is 0.746. The van der Waals surface area contributed by atoms with Gasteiger partial charge in [-0.25, -0.2) is 0 Å². The molecule has 0 aliphatic heterocycles. The van der Waals surface area contributed by atoms with Crippen molar-refractivity contribution in [1.82, 2.24) is 0 Å². The lowest BCUT2D eigenvalue weighted by Gasteiger charge is -1.25. The molecular weight excluding hydrogens is 140 g/mol. The van der Waals surface area contributed by atoms with Crippen LogP contribution in [-0.4, -0.2) is 16.0 Å². The van der Waals surface area contributed by atoms with Crippen LogP contribution >= 0.6 is 0 Å². The maximum atomic E-state index is 7.00. The van der Waals surface area contributed by atoms with Crippen molar-refractivity contribution in [2.75, 3.05) is 0 Å². The molecule has 0 unspecified atom stereocenters. The van der Waals surface area contributed by atoms with E-state index in [1.807, 2.05) is 0 Å². The topological polar surface area (TPSA) is 106 Å². The van der Waals surface area contributed by atoms with Crippen LogP contribution in [0.1, 0.15) is 37.1 Å². The minimum absolute atomic E-state index is 0. The van der Waals surface area contributed by atoms with Gasteiger partial charge in [0, 0.05) is 9.93 Å². The molecule has 0 aromatic heterocycles. The Balaban J connectivity index is -0.000000000833. The molecule has 0 heterocycles. The molecule has 74 valence electrons. The summed E-state index contributed by atoms with van der Waals surface area (Å²) in [6, 6.07) is 0. The maximum absolute atomic E-state index is 7.00. The molecule has 0 aliphatic carbocycles. The summed E-state index contributed by atoms with van der Waals surface area (Å²) in [6.07, 6.45) is 0. The zero-order valence-electron chi connectivity index (χ0n) is 2.21. The first-order chi connectivity index (χ1) is 2.00. The van der Waals surface area contributed by atoms with Gasteiger partial charge in [0.1, 0.15) is 0 Å². The van der Waals surface area contributed by atoms with Crippen LogP contribution in [-0.2, 0) is 0 Å². The molecule has 0 atom stereocenters. The van der Waals surface area contributed by atoms with Crippen molar-refractivity contribution in [2.45, 2.75) is 37.1 Å². The summed E-state index contributed by atoms with van der Waals surface area (Å²) in [5.41, 5.74) is 0. The van der Waals surface area contributed by atoms with Gasteiger partial charge in [-0.05, 0) is 0 Å². The molecule has 0 radical (unpaired) electrons. The fourth-order valence-electron chi connectivity index (χ4n) is 0. The monoisotopic (exact) mass is 164 g/mol. The maximum Gasteiger partial charge on any atom is 0 e. The van der Waals surface area contributed by atoms with Crippen LogP contribution in [0.15, 0.2) is 0 Å². The second kappa shape index (κ2) is 1750. The first kappa shape index (κ1) is 311. The molecule has 5 heteroatoms. The summed E-state index contributed by atoms with van der Waals surface area (Å²) in [5, 5.41) is 12.0. The van der Waals surface area contributed by atoms with Crippen LogP contribution in [0, 0.1) is 9.93 Å². The van der Waals surface area contributed by atoms with Gasteiger partial charge < -0.3 is 5.48 Å². The predicted molar refractivity (Wildman–Crippen MR) is 49.3 cm³/mol. The van der Waals surface area contributed by atoms with E-state index in [-0.39, 0.29) is 42.6 Å². The lowest BCUT2D eigenvalue weighted by Crippen LogP contribution is -1.29. The Morgan fingerprint density at radius 1 is 0.600 bits per heavy atom. The number of rotatable bonds is 0. The van der Waals surface area contributed by atoms with Crippen molar-refractivity contribution in [1.29, 1.82) is 0 Å². The van der Waals surface area contributed by atoms with E-state index in [9.17, 15) is 0 Å². The third kappa shape index (κ3) is 1160. The molecular formula is C5H24O5. The Kier molecular flexibility index (Phi) is 54600. The second-order valence-corrected chi connectivity index (χ2v) is 0. The first-order valence-electron chi connectivity index (χ1n) is 0.367. The Morgan fingerprint density at radius 3 is 0.600 bits per heavy atom. The van der Waals surface area contributed by atoms with Crippen molar-refractivity contribution in [2.24, 2.45) is 0 Å². The molecule has 0 saturated heterocycles. The van der Waals surface area contributed by atoms with Gasteiger partial charge in [0.05, 0.1) is 0 Å². The lowest BCUT2D eigenvalue weighted by molar-refractivity contribution is -0.176. The van der Waals surface area contributed by atoms with E-state index in [4.69, 9.17) is 20.4 Å². The third-order valence-electron chi connectivity index (χ3n) is 0. The molecule has 5 nitrogen and oxygen atoms in total. The van der Waals surface area contributed by atoms with E-state index in [0.717, 1.165) is 0 Å². The normalized spacial score (nSPS) is 1.00. The van der Waals surface area contributed by atoms with Gasteiger partial charge in [-0.1, -0.05) is 37.1 Å². The highest BCUT2D eigenvalue weighted by atomic mass is 17.0. The summed E-state index contributed by atoms with van der Waals surface area (Å²) >= 11 is 0. The second-order valence-electron chi connectivity index (χ2n) is 0. The Hall–Kier alpha value is -0.520. The molecule has 0 bridgehead atoms. The van der Waals surface area contributed by atoms with Gasteiger partial charge in [-0.15, -0.1) is 0 Å². The van der Waals surface area contributed by atoms with Crippen LogP contribution in [0.5, 0.6) is 0 Å². The van der Waals surface area contributed by atoms with E-state index in [1.165, 1.54) is 0 Å². The molecule has 0 fully saturated rings. The summed E-state index contributed by atoms with van der Waals surface area (Å²) < 4.78 is 0. The zero-order valence-corrected chi connectivity index (χ0v) is 2.21. The highest BCUT2D eigenvalue weighted by Crippen LogP contribution is 0.741. The number of hydrogen-bond donors (Lipinski definition) is 2. The molecule has 4 N–H and O–H groups in total. The van der Waals surface area contributed by atoms with E-state index in [0.29, 0.717) is 0 Å². The highest BCUT2D eigenvalue weighted by molar-refractivity contribution is 4.07. The van der Waals surface area contributed by atoms with Crippen LogP contribution in [0.2, 0.25) is 0 Å². The van der Waals surface area contributed by atoms with Crippen molar-refractivity contribution >= 4 is 0 Å². The molecule has 0 rings (SSSR count). The summed E-state index contributed by atoms with van der Waals surface area (Å²) in [7, 11) is 0. The van der Waals surface area contributed by atoms with Gasteiger partial charge in [0.2, 0.25) is 0 Å². The standard InChI is InChI=1S/5CH4.H2O2.O2.H2O/c;;;;;2*1-2;/h5*1H4;1-2H;;1H2. The molecule has 0 spiro atoms. The van der Waals surface area contributed by atoms with Gasteiger partial charge in [-0.3, -0.25) is 10.5 Å². The Labute approximate surface area is 64.2 Å². The van der Waals surface area contributed by atoms with Gasteiger partial charge in [0.15, 0.2) is 0 Å². The Morgan fingerprint density at radius 2 is 0.600 bits per heavy atom. The van der Waals surface area contributed by atoms with Crippen molar-refractivity contribution in [3.05, 3.63) is 9.93 Å². The lowest BCUT2D eigenvalue weighted by atomic mass is 12.0. The molecule has 0 amide bonds. The molecule has 0 aliphatic rings. The summed E-state index contributed by atoms with van der Waals surface area (Å²) in [6.45, 7) is 0. The van der Waals surface area contributed by atoms with E-state index < -0.39 is 0 Å². The number of hydrogen-bond acceptors (Lipinski definition) is 4. The van der Waals surface area contributed by atoms with E-state index in [1.54, 1.807) is 0 Å². The van der Waals surface area contributed by atoms with Gasteiger partial charge in [-0.2, -0.15) is 0 Å². The van der Waals surface area contributed by atoms with Crippen molar-refractivity contribution in [3.63, 3.8) is 0 Å². The van der Waals surface area contributed by atoms with Gasteiger partial charge >= 0.3 is 0 Å². The first-order valence-corrected chi connectivity index (χ1v) is 0.367. The van der Waals surface area contributed by atoms with Crippen LogP contribution in [0.25, 0.3) is 0 Å². The molecule has 0 aromatic carbocycles. The molecule has 0 saturated carbocycles. The summed E-state index contributed by atoms with van der Waals surface area (Å²) in [5.74, 6) is 0. The average Bonchev–Trinajstić information content (AvgIpc) is 1.50. The quantitative estimate of drug-likeness (QED) is 0.423. The van der Waals surface area contributed by atoms with Gasteiger partial charge in [0.25, 0.3) is 0 Å². The predicted octanol–water partition coefficient (Wildman–Crippen LogP) is 2.44. The smallest absolute Gasteiger partial charge is 0 e. The fraction of sp³-hybridized carbons (Fsp3) is 1.00.